The van der Waals surface area contributed by atoms with Gasteiger partial charge in [-0.2, -0.15) is 0 Å². The molecule has 3 aromatic rings. The maximum atomic E-state index is 13.5. The highest BCUT2D eigenvalue weighted by molar-refractivity contribution is 6.30. The Hall–Kier alpha value is -2.86. The van der Waals surface area contributed by atoms with Gasteiger partial charge in [0.25, 0.3) is 0 Å². The first-order valence-corrected chi connectivity index (χ1v) is 8.41. The smallest absolute Gasteiger partial charge is 0.226 e. The second kappa shape index (κ2) is 6.46. The number of hydrogen-bond donors (Lipinski definition) is 1. The molecule has 1 aliphatic rings. The third-order valence-corrected chi connectivity index (χ3v) is 4.76. The molecule has 2 heterocycles. The van der Waals surface area contributed by atoms with Crippen molar-refractivity contribution in [3.05, 3.63) is 70.9 Å². The Bertz CT molecular complexity index is 1000. The third kappa shape index (κ3) is 2.72. The lowest BCUT2D eigenvalue weighted by Gasteiger charge is -2.24. The molecule has 7 heteroatoms. The molecule has 132 valence electrons. The van der Waals surface area contributed by atoms with Gasteiger partial charge in [0, 0.05) is 17.9 Å². The zero-order valence-corrected chi connectivity index (χ0v) is 14.6. The highest BCUT2D eigenvalue weighted by atomic mass is 35.5. The predicted molar refractivity (Wildman–Crippen MR) is 96.6 cm³/mol. The molecule has 0 saturated carbocycles. The van der Waals surface area contributed by atoms with Crippen LogP contribution in [0.1, 0.15) is 23.6 Å². The summed E-state index contributed by atoms with van der Waals surface area (Å²) in [6.45, 7) is 0. The van der Waals surface area contributed by atoms with E-state index in [0.717, 1.165) is 11.3 Å². The van der Waals surface area contributed by atoms with E-state index >= 15 is 0 Å². The Kier molecular flexibility index (Phi) is 4.12. The van der Waals surface area contributed by atoms with Gasteiger partial charge in [-0.05, 0) is 24.3 Å². The Labute approximate surface area is 154 Å². The van der Waals surface area contributed by atoms with Crippen LogP contribution in [0.5, 0.6) is 5.75 Å². The monoisotopic (exact) mass is 371 g/mol. The quantitative estimate of drug-likeness (QED) is 0.752. The molecule has 0 saturated heterocycles. The van der Waals surface area contributed by atoms with E-state index in [-0.39, 0.29) is 23.3 Å². The van der Waals surface area contributed by atoms with E-state index in [1.807, 2.05) is 24.3 Å². The minimum atomic E-state index is -0.500. The number of carbonyl (C=O) groups excluding carboxylic acids is 1. The van der Waals surface area contributed by atoms with Gasteiger partial charge in [0.2, 0.25) is 5.91 Å². The van der Waals surface area contributed by atoms with E-state index in [0.29, 0.717) is 17.3 Å². The lowest BCUT2D eigenvalue weighted by molar-refractivity contribution is -0.116. The normalized spacial score (nSPS) is 16.1. The maximum absolute atomic E-state index is 13.5. The molecule has 1 aliphatic heterocycles. The molecule has 4 rings (SSSR count). The first-order valence-electron chi connectivity index (χ1n) is 8.04. The van der Waals surface area contributed by atoms with E-state index < -0.39 is 5.82 Å². The molecule has 0 bridgehead atoms. The zero-order chi connectivity index (χ0) is 18.3. The first-order chi connectivity index (χ1) is 12.6. The van der Waals surface area contributed by atoms with E-state index in [4.69, 9.17) is 16.3 Å². The summed E-state index contributed by atoms with van der Waals surface area (Å²) in [6.07, 6.45) is 1.87. The van der Waals surface area contributed by atoms with Gasteiger partial charge in [0.15, 0.2) is 0 Å². The molecule has 1 amide bonds. The van der Waals surface area contributed by atoms with Gasteiger partial charge in [-0.15, -0.1) is 0 Å². The van der Waals surface area contributed by atoms with Crippen molar-refractivity contribution in [3.8, 4) is 11.4 Å². The fourth-order valence-corrected chi connectivity index (χ4v) is 3.42. The van der Waals surface area contributed by atoms with Crippen LogP contribution in [0.2, 0.25) is 5.02 Å². The number of halogens is 2. The minimum Gasteiger partial charge on any atom is -0.496 e. The number of nitrogens with zero attached hydrogens (tertiary/aromatic N) is 2. The van der Waals surface area contributed by atoms with Gasteiger partial charge < -0.3 is 10.1 Å². The van der Waals surface area contributed by atoms with Gasteiger partial charge in [-0.25, -0.2) is 9.37 Å². The fraction of sp³-hybridized carbons (Fsp3) is 0.158. The van der Waals surface area contributed by atoms with Crippen molar-refractivity contribution in [1.82, 2.24) is 9.55 Å². The van der Waals surface area contributed by atoms with Crippen LogP contribution in [-0.4, -0.2) is 22.6 Å². The molecule has 0 spiro atoms. The number of anilines is 1. The molecule has 1 atom stereocenters. The number of carbonyl (C=O) groups is 1. The lowest BCUT2D eigenvalue weighted by Crippen LogP contribution is -2.25. The number of rotatable bonds is 3. The van der Waals surface area contributed by atoms with Crippen molar-refractivity contribution in [2.45, 2.75) is 12.3 Å². The number of para-hydroxylation sites is 1. The summed E-state index contributed by atoms with van der Waals surface area (Å²) < 4.78 is 20.6. The van der Waals surface area contributed by atoms with Gasteiger partial charge in [0.1, 0.15) is 23.7 Å². The molecule has 1 unspecified atom stereocenters. The molecular formula is C19H15ClFN3O2. The summed E-state index contributed by atoms with van der Waals surface area (Å²) in [5.74, 6) is 0.410. The average molecular weight is 372 g/mol. The molecule has 0 radical (unpaired) electrons. The summed E-state index contributed by atoms with van der Waals surface area (Å²) in [5.41, 5.74) is 2.24. The molecule has 1 N–H and O–H groups in total. The number of aromatic nitrogens is 2. The summed E-state index contributed by atoms with van der Waals surface area (Å²) in [5, 5.41) is 2.87. The summed E-state index contributed by atoms with van der Waals surface area (Å²) in [6, 6.07) is 11.9. The first kappa shape index (κ1) is 16.6. The van der Waals surface area contributed by atoms with Gasteiger partial charge in [-0.1, -0.05) is 29.8 Å². The number of fused-ring (bicyclic) bond motifs is 1. The summed E-state index contributed by atoms with van der Waals surface area (Å²) >= 11 is 5.89. The van der Waals surface area contributed by atoms with Crippen LogP contribution < -0.4 is 10.1 Å². The molecule has 0 aliphatic carbocycles. The second-order valence-corrected chi connectivity index (χ2v) is 6.40. The largest absolute Gasteiger partial charge is 0.496 e. The van der Waals surface area contributed by atoms with Crippen LogP contribution in [0.3, 0.4) is 0 Å². The topological polar surface area (TPSA) is 56.1 Å². The maximum Gasteiger partial charge on any atom is 0.226 e. The Morgan fingerprint density at radius 2 is 2.12 bits per heavy atom. The standard InChI is InChI=1S/C19H15ClFN3O2/c1-26-16-5-3-2-4-12(16)13-9-17(25)23-19-18(13)22-10-24(19)11-6-7-15(21)14(20)8-11/h2-8,10,13H,9H2,1H3,(H,23,25). The van der Waals surface area contributed by atoms with E-state index in [1.165, 1.54) is 12.1 Å². The van der Waals surface area contributed by atoms with Gasteiger partial charge >= 0.3 is 0 Å². The van der Waals surface area contributed by atoms with Crippen LogP contribution in [0.15, 0.2) is 48.8 Å². The highest BCUT2D eigenvalue weighted by Gasteiger charge is 2.32. The molecule has 2 aromatic carbocycles. The van der Waals surface area contributed by atoms with E-state index in [2.05, 4.69) is 10.3 Å². The lowest BCUT2D eigenvalue weighted by atomic mass is 9.89. The Morgan fingerprint density at radius 3 is 2.88 bits per heavy atom. The van der Waals surface area contributed by atoms with Crippen LogP contribution in [-0.2, 0) is 4.79 Å². The van der Waals surface area contributed by atoms with Crippen molar-refractivity contribution < 1.29 is 13.9 Å². The zero-order valence-electron chi connectivity index (χ0n) is 13.9. The molecule has 1 aromatic heterocycles. The number of nitrogens with one attached hydrogen (secondary N) is 1. The number of imidazole rings is 1. The van der Waals surface area contributed by atoms with E-state index in [9.17, 15) is 9.18 Å². The summed E-state index contributed by atoms with van der Waals surface area (Å²) in [4.78, 5) is 16.8. The second-order valence-electron chi connectivity index (χ2n) is 5.99. The van der Waals surface area contributed by atoms with Crippen LogP contribution >= 0.6 is 11.6 Å². The fourth-order valence-electron chi connectivity index (χ4n) is 3.25. The third-order valence-electron chi connectivity index (χ3n) is 4.47. The Balaban J connectivity index is 1.84. The predicted octanol–water partition coefficient (Wildman–Crippen LogP) is 4.15. The van der Waals surface area contributed by atoms with Crippen molar-refractivity contribution in [2.75, 3.05) is 12.4 Å². The van der Waals surface area contributed by atoms with Crippen LogP contribution in [0, 0.1) is 5.82 Å². The SMILES string of the molecule is COc1ccccc1C1CC(=O)Nc2c1ncn2-c1ccc(F)c(Cl)c1. The molecular weight excluding hydrogens is 357 g/mol. The van der Waals surface area contributed by atoms with Crippen molar-refractivity contribution in [1.29, 1.82) is 0 Å². The van der Waals surface area contributed by atoms with Gasteiger partial charge in [-0.3, -0.25) is 9.36 Å². The molecule has 5 nitrogen and oxygen atoms in total. The number of hydrogen-bond acceptors (Lipinski definition) is 3. The number of amides is 1. The van der Waals surface area contributed by atoms with Gasteiger partial charge in [0.05, 0.1) is 23.5 Å². The van der Waals surface area contributed by atoms with Crippen LogP contribution in [0.4, 0.5) is 10.2 Å². The van der Waals surface area contributed by atoms with Crippen molar-refractivity contribution in [3.63, 3.8) is 0 Å². The number of ether oxygens (including phenoxy) is 1. The van der Waals surface area contributed by atoms with E-state index in [1.54, 1.807) is 24.1 Å². The number of methoxy groups -OCH3 is 1. The highest BCUT2D eigenvalue weighted by Crippen LogP contribution is 2.40. The molecule has 0 fully saturated rings. The molecule has 26 heavy (non-hydrogen) atoms. The van der Waals surface area contributed by atoms with Crippen molar-refractivity contribution >= 4 is 23.3 Å². The van der Waals surface area contributed by atoms with Crippen molar-refractivity contribution in [2.24, 2.45) is 0 Å². The average Bonchev–Trinajstić information content (AvgIpc) is 3.07. The minimum absolute atomic E-state index is 0.00774. The number of benzene rings is 2. The Morgan fingerprint density at radius 1 is 1.31 bits per heavy atom. The van der Waals surface area contributed by atoms with Crippen LogP contribution in [0.25, 0.3) is 5.69 Å². The summed E-state index contributed by atoms with van der Waals surface area (Å²) in [7, 11) is 1.60.